The molecule has 0 saturated carbocycles. The van der Waals surface area contributed by atoms with Crippen LogP contribution in [-0.2, 0) is 0 Å². The summed E-state index contributed by atoms with van der Waals surface area (Å²) in [4.78, 5) is 2.08. The normalized spacial score (nSPS) is 10.6. The highest BCUT2D eigenvalue weighted by Gasteiger charge is 2.14. The molecule has 0 aliphatic carbocycles. The Morgan fingerprint density at radius 2 is 1.90 bits per heavy atom. The van der Waals surface area contributed by atoms with Crippen molar-refractivity contribution in [3.05, 3.63) is 51.9 Å². The number of unbranched alkanes of at least 4 members (excludes halogenated alkanes) is 1. The summed E-state index contributed by atoms with van der Waals surface area (Å²) in [5.41, 5.74) is 8.47. The lowest BCUT2D eigenvalue weighted by molar-refractivity contribution is 0.620. The van der Waals surface area contributed by atoms with Crippen molar-refractivity contribution in [3.8, 4) is 0 Å². The topological polar surface area (TPSA) is 29.3 Å². The maximum absolute atomic E-state index is 13.9. The monoisotopic (exact) mass is 384 g/mol. The minimum atomic E-state index is -0.229. The van der Waals surface area contributed by atoms with E-state index >= 15 is 0 Å². The van der Waals surface area contributed by atoms with Gasteiger partial charge in [-0.05, 0) is 47.2 Å². The number of para-hydroxylation sites is 1. The number of halogens is 2. The molecule has 0 amide bonds. The number of nitrogen functional groups attached to an aromatic ring is 1. The van der Waals surface area contributed by atoms with Crippen molar-refractivity contribution < 1.29 is 4.39 Å². The van der Waals surface area contributed by atoms with E-state index in [-0.39, 0.29) is 5.82 Å². The van der Waals surface area contributed by atoms with E-state index in [0.717, 1.165) is 30.8 Å². The largest absolute Gasteiger partial charge is 0.397 e. The van der Waals surface area contributed by atoms with Gasteiger partial charge >= 0.3 is 0 Å². The molecule has 0 fully saturated rings. The molecule has 0 spiro atoms. The van der Waals surface area contributed by atoms with E-state index in [4.69, 9.17) is 5.73 Å². The number of nitrogens with zero attached hydrogens (tertiary/aromatic N) is 1. The molecule has 0 aliphatic rings. The third kappa shape index (κ3) is 3.42. The lowest BCUT2D eigenvalue weighted by Crippen LogP contribution is -2.20. The third-order valence-corrected chi connectivity index (χ3v) is 3.99. The molecule has 4 heteroatoms. The van der Waals surface area contributed by atoms with E-state index in [1.54, 1.807) is 6.07 Å². The molecule has 0 aliphatic heterocycles. The van der Waals surface area contributed by atoms with Gasteiger partial charge in [0.05, 0.1) is 14.9 Å². The zero-order chi connectivity index (χ0) is 14.5. The minimum Gasteiger partial charge on any atom is -0.397 e. The first kappa shape index (κ1) is 15.1. The van der Waals surface area contributed by atoms with Crippen LogP contribution in [0.3, 0.4) is 0 Å². The second-order valence-corrected chi connectivity index (χ2v) is 5.83. The molecule has 0 saturated heterocycles. The van der Waals surface area contributed by atoms with Crippen molar-refractivity contribution in [2.45, 2.75) is 19.8 Å². The Labute approximate surface area is 132 Å². The molecule has 0 bridgehead atoms. The molecule has 0 atom stereocenters. The zero-order valence-corrected chi connectivity index (χ0v) is 13.6. The fourth-order valence-corrected chi connectivity index (χ4v) is 2.59. The Bertz CT molecular complexity index is 572. The van der Waals surface area contributed by atoms with Crippen LogP contribution in [0.15, 0.2) is 42.5 Å². The van der Waals surface area contributed by atoms with Crippen LogP contribution in [-0.4, -0.2) is 6.54 Å². The average molecular weight is 384 g/mol. The first-order valence-corrected chi connectivity index (χ1v) is 7.78. The highest BCUT2D eigenvalue weighted by molar-refractivity contribution is 14.1. The number of hydrogen-bond acceptors (Lipinski definition) is 2. The minimum absolute atomic E-state index is 0.229. The molecular weight excluding hydrogens is 366 g/mol. The van der Waals surface area contributed by atoms with Crippen LogP contribution in [0.25, 0.3) is 0 Å². The molecule has 2 N–H and O–H groups in total. The first-order chi connectivity index (χ1) is 9.63. The fourth-order valence-electron chi connectivity index (χ4n) is 2.10. The zero-order valence-electron chi connectivity index (χ0n) is 11.4. The molecule has 0 radical (unpaired) electrons. The molecule has 0 aromatic heterocycles. The number of nitrogens with two attached hydrogens (primary N) is 1. The van der Waals surface area contributed by atoms with Gasteiger partial charge in [-0.1, -0.05) is 31.5 Å². The highest BCUT2D eigenvalue weighted by Crippen LogP contribution is 2.33. The smallest absolute Gasteiger partial charge is 0.138 e. The molecule has 0 heterocycles. The summed E-state index contributed by atoms with van der Waals surface area (Å²) in [5.74, 6) is -0.229. The summed E-state index contributed by atoms with van der Waals surface area (Å²) in [6.07, 6.45) is 2.11. The van der Waals surface area contributed by atoms with E-state index < -0.39 is 0 Å². The van der Waals surface area contributed by atoms with E-state index in [1.807, 2.05) is 52.9 Å². The Hall–Kier alpha value is -1.30. The Morgan fingerprint density at radius 3 is 2.55 bits per heavy atom. The quantitative estimate of drug-likeness (QED) is 0.584. The standard InChI is InChI=1S/C16H18FIN2/c1-2-3-9-20(12-7-5-4-6-8-12)16-10-13(17)14(18)11-15(16)19/h4-8,10-11H,2-3,9,19H2,1H3. The predicted octanol–water partition coefficient (Wildman–Crippen LogP) is 4.95. The van der Waals surface area contributed by atoms with Gasteiger partial charge in [-0.3, -0.25) is 0 Å². The summed E-state index contributed by atoms with van der Waals surface area (Å²) in [6.45, 7) is 2.96. The van der Waals surface area contributed by atoms with E-state index in [2.05, 4.69) is 11.8 Å². The summed E-state index contributed by atoms with van der Waals surface area (Å²) >= 11 is 1.96. The van der Waals surface area contributed by atoms with Crippen molar-refractivity contribution in [1.82, 2.24) is 0 Å². The molecule has 2 nitrogen and oxygen atoms in total. The van der Waals surface area contributed by atoms with Crippen molar-refractivity contribution in [3.63, 3.8) is 0 Å². The SMILES string of the molecule is CCCCN(c1ccccc1)c1cc(F)c(I)cc1N. The molecule has 2 aromatic rings. The summed E-state index contributed by atoms with van der Waals surface area (Å²) < 4.78 is 14.4. The molecule has 2 rings (SSSR count). The van der Waals surface area contributed by atoms with Gasteiger partial charge in [-0.25, -0.2) is 4.39 Å². The van der Waals surface area contributed by atoms with Crippen molar-refractivity contribution in [2.75, 3.05) is 17.2 Å². The maximum Gasteiger partial charge on any atom is 0.138 e. The Balaban J connectivity index is 2.44. The second-order valence-electron chi connectivity index (χ2n) is 4.67. The average Bonchev–Trinajstić information content (AvgIpc) is 2.45. The summed E-state index contributed by atoms with van der Waals surface area (Å²) in [7, 11) is 0. The van der Waals surface area contributed by atoms with Crippen molar-refractivity contribution >= 4 is 39.7 Å². The van der Waals surface area contributed by atoms with Crippen LogP contribution in [0.4, 0.5) is 21.5 Å². The number of rotatable bonds is 5. The van der Waals surface area contributed by atoms with Gasteiger partial charge in [-0.2, -0.15) is 0 Å². The second kappa shape index (κ2) is 6.92. The lowest BCUT2D eigenvalue weighted by atomic mass is 10.2. The van der Waals surface area contributed by atoms with Gasteiger partial charge in [-0.15, -0.1) is 0 Å². The number of anilines is 3. The van der Waals surface area contributed by atoms with Gasteiger partial charge in [0.1, 0.15) is 5.82 Å². The van der Waals surface area contributed by atoms with Crippen LogP contribution in [0.1, 0.15) is 19.8 Å². The van der Waals surface area contributed by atoms with Crippen molar-refractivity contribution in [2.24, 2.45) is 0 Å². The first-order valence-electron chi connectivity index (χ1n) is 6.70. The number of hydrogen-bond donors (Lipinski definition) is 1. The lowest BCUT2D eigenvalue weighted by Gasteiger charge is -2.26. The van der Waals surface area contributed by atoms with Crippen LogP contribution >= 0.6 is 22.6 Å². The summed E-state index contributed by atoms with van der Waals surface area (Å²) in [5, 5.41) is 0. The van der Waals surface area contributed by atoms with Gasteiger partial charge in [0.25, 0.3) is 0 Å². The van der Waals surface area contributed by atoms with Crippen LogP contribution in [0, 0.1) is 9.39 Å². The fraction of sp³-hybridized carbons (Fsp3) is 0.250. The predicted molar refractivity (Wildman–Crippen MR) is 91.9 cm³/mol. The Kier molecular flexibility index (Phi) is 5.23. The van der Waals surface area contributed by atoms with Gasteiger partial charge in [0, 0.05) is 18.3 Å². The van der Waals surface area contributed by atoms with E-state index in [0.29, 0.717) is 9.26 Å². The van der Waals surface area contributed by atoms with Crippen LogP contribution in [0.2, 0.25) is 0 Å². The Morgan fingerprint density at radius 1 is 1.20 bits per heavy atom. The van der Waals surface area contributed by atoms with Gasteiger partial charge in [0.15, 0.2) is 0 Å². The number of benzene rings is 2. The molecule has 0 unspecified atom stereocenters. The van der Waals surface area contributed by atoms with Crippen LogP contribution < -0.4 is 10.6 Å². The maximum atomic E-state index is 13.9. The van der Waals surface area contributed by atoms with Gasteiger partial charge < -0.3 is 10.6 Å². The third-order valence-electron chi connectivity index (χ3n) is 3.16. The molecular formula is C16H18FIN2. The molecule has 106 valence electrons. The van der Waals surface area contributed by atoms with E-state index in [9.17, 15) is 4.39 Å². The van der Waals surface area contributed by atoms with Gasteiger partial charge in [0.2, 0.25) is 0 Å². The van der Waals surface area contributed by atoms with E-state index in [1.165, 1.54) is 6.07 Å². The van der Waals surface area contributed by atoms with Crippen molar-refractivity contribution in [1.29, 1.82) is 0 Å². The molecule has 2 aromatic carbocycles. The molecule has 20 heavy (non-hydrogen) atoms. The highest BCUT2D eigenvalue weighted by atomic mass is 127. The summed E-state index contributed by atoms with van der Waals surface area (Å²) in [6, 6.07) is 13.2. The van der Waals surface area contributed by atoms with Crippen LogP contribution in [0.5, 0.6) is 0 Å².